The summed E-state index contributed by atoms with van der Waals surface area (Å²) in [7, 11) is 0. The molecule has 1 saturated heterocycles. The third kappa shape index (κ3) is 5.10. The summed E-state index contributed by atoms with van der Waals surface area (Å²) < 4.78 is 16.9. The quantitative estimate of drug-likeness (QED) is 0.681. The first-order valence-electron chi connectivity index (χ1n) is 9.37. The molecule has 1 aliphatic rings. The summed E-state index contributed by atoms with van der Waals surface area (Å²) in [6.07, 6.45) is 4.04. The number of benzene rings is 1. The Bertz CT molecular complexity index is 730. The molecule has 1 aromatic carbocycles. The van der Waals surface area contributed by atoms with E-state index < -0.39 is 5.60 Å². The fourth-order valence-corrected chi connectivity index (χ4v) is 3.96. The van der Waals surface area contributed by atoms with Gasteiger partial charge in [-0.15, -0.1) is 0 Å². The SMILES string of the molecule is CC(C)(C)OC(=O)N1CCC(CCCOc2nsc3ccccc23)CC1. The Kier molecular flexibility index (Phi) is 6.01. The van der Waals surface area contributed by atoms with E-state index >= 15 is 0 Å². The van der Waals surface area contributed by atoms with Crippen LogP contribution >= 0.6 is 11.5 Å². The zero-order valence-corrected chi connectivity index (χ0v) is 16.7. The molecular weight excluding hydrogens is 348 g/mol. The molecule has 1 aromatic heterocycles. The Morgan fingerprint density at radius 1 is 1.27 bits per heavy atom. The van der Waals surface area contributed by atoms with Crippen molar-refractivity contribution in [3.8, 4) is 5.88 Å². The number of ether oxygens (including phenoxy) is 2. The van der Waals surface area contributed by atoms with Gasteiger partial charge in [0.1, 0.15) is 5.60 Å². The number of nitrogens with zero attached hydrogens (tertiary/aromatic N) is 2. The van der Waals surface area contributed by atoms with Gasteiger partial charge in [-0.2, -0.15) is 4.37 Å². The predicted molar refractivity (Wildman–Crippen MR) is 105 cm³/mol. The normalized spacial score (nSPS) is 16.0. The van der Waals surface area contributed by atoms with Gasteiger partial charge in [0.05, 0.1) is 16.7 Å². The van der Waals surface area contributed by atoms with Gasteiger partial charge in [0, 0.05) is 13.1 Å². The minimum absolute atomic E-state index is 0.185. The first kappa shape index (κ1) is 19.0. The molecule has 0 spiro atoms. The van der Waals surface area contributed by atoms with Gasteiger partial charge in [-0.25, -0.2) is 4.79 Å². The lowest BCUT2D eigenvalue weighted by molar-refractivity contribution is 0.0179. The number of likely N-dealkylation sites (tertiary alicyclic amines) is 1. The summed E-state index contributed by atoms with van der Waals surface area (Å²) >= 11 is 1.48. The molecule has 2 aromatic rings. The zero-order valence-electron chi connectivity index (χ0n) is 15.9. The van der Waals surface area contributed by atoms with E-state index in [4.69, 9.17) is 9.47 Å². The summed E-state index contributed by atoms with van der Waals surface area (Å²) in [5.74, 6) is 1.41. The van der Waals surface area contributed by atoms with Crippen LogP contribution in [0.3, 0.4) is 0 Å². The number of rotatable bonds is 5. The lowest BCUT2D eigenvalue weighted by Crippen LogP contribution is -2.41. The van der Waals surface area contributed by atoms with Crippen molar-refractivity contribution in [1.29, 1.82) is 0 Å². The molecule has 1 aliphatic heterocycles. The van der Waals surface area contributed by atoms with Gasteiger partial charge in [-0.05, 0) is 76.0 Å². The highest BCUT2D eigenvalue weighted by Gasteiger charge is 2.26. The van der Waals surface area contributed by atoms with Gasteiger partial charge in [-0.1, -0.05) is 12.1 Å². The molecule has 0 N–H and O–H groups in total. The molecule has 142 valence electrons. The van der Waals surface area contributed by atoms with Gasteiger partial charge >= 0.3 is 6.09 Å². The standard InChI is InChI=1S/C20H28N2O3S/c1-20(2,3)25-19(23)22-12-10-15(11-13-22)7-6-14-24-18-16-8-4-5-9-17(16)26-21-18/h4-5,8-9,15H,6-7,10-14H2,1-3H3. The Hall–Kier alpha value is -1.82. The first-order chi connectivity index (χ1) is 12.4. The fraction of sp³-hybridized carbons (Fsp3) is 0.600. The summed E-state index contributed by atoms with van der Waals surface area (Å²) in [6.45, 7) is 7.99. The third-order valence-electron chi connectivity index (χ3n) is 4.61. The monoisotopic (exact) mass is 376 g/mol. The molecule has 2 heterocycles. The molecule has 6 heteroatoms. The number of amides is 1. The number of carbonyl (C=O) groups is 1. The molecule has 0 aliphatic carbocycles. The molecule has 0 unspecified atom stereocenters. The minimum Gasteiger partial charge on any atom is -0.477 e. The summed E-state index contributed by atoms with van der Waals surface area (Å²) in [5.41, 5.74) is -0.425. The Morgan fingerprint density at radius 2 is 2.00 bits per heavy atom. The van der Waals surface area contributed by atoms with Crippen molar-refractivity contribution in [3.05, 3.63) is 24.3 Å². The second-order valence-electron chi connectivity index (χ2n) is 7.89. The van der Waals surface area contributed by atoms with Crippen LogP contribution in [0, 0.1) is 5.92 Å². The number of hydrogen-bond acceptors (Lipinski definition) is 5. The highest BCUT2D eigenvalue weighted by Crippen LogP contribution is 2.29. The Morgan fingerprint density at radius 3 is 2.73 bits per heavy atom. The predicted octanol–water partition coefficient (Wildman–Crippen LogP) is 5.10. The summed E-state index contributed by atoms with van der Waals surface area (Å²) in [5, 5.41) is 1.10. The van der Waals surface area contributed by atoms with Crippen molar-refractivity contribution in [2.75, 3.05) is 19.7 Å². The molecular formula is C20H28N2O3S. The maximum Gasteiger partial charge on any atom is 0.410 e. The van der Waals surface area contributed by atoms with Crippen LogP contribution in [0.25, 0.3) is 10.1 Å². The van der Waals surface area contributed by atoms with Crippen molar-refractivity contribution in [2.45, 2.75) is 52.1 Å². The van der Waals surface area contributed by atoms with Crippen molar-refractivity contribution in [2.24, 2.45) is 5.92 Å². The fourth-order valence-electron chi connectivity index (χ4n) is 3.24. The number of carbonyl (C=O) groups excluding carboxylic acids is 1. The molecule has 1 fully saturated rings. The molecule has 5 nitrogen and oxygen atoms in total. The van der Waals surface area contributed by atoms with Crippen LogP contribution in [0.4, 0.5) is 4.79 Å². The third-order valence-corrected chi connectivity index (χ3v) is 5.42. The minimum atomic E-state index is -0.425. The molecule has 0 atom stereocenters. The average Bonchev–Trinajstić information content (AvgIpc) is 3.01. The van der Waals surface area contributed by atoms with E-state index in [9.17, 15) is 4.79 Å². The zero-order chi connectivity index (χ0) is 18.6. The van der Waals surface area contributed by atoms with Gasteiger partial charge < -0.3 is 14.4 Å². The lowest BCUT2D eigenvalue weighted by atomic mass is 9.92. The highest BCUT2D eigenvalue weighted by atomic mass is 32.1. The van der Waals surface area contributed by atoms with E-state index in [2.05, 4.69) is 16.5 Å². The number of piperidine rings is 1. The van der Waals surface area contributed by atoms with Crippen LogP contribution in [-0.2, 0) is 4.74 Å². The van der Waals surface area contributed by atoms with E-state index in [1.54, 1.807) is 0 Å². The Labute approximate surface area is 159 Å². The first-order valence-corrected chi connectivity index (χ1v) is 10.1. The molecule has 1 amide bonds. The van der Waals surface area contributed by atoms with E-state index in [-0.39, 0.29) is 6.09 Å². The second-order valence-corrected chi connectivity index (χ2v) is 8.69. The Balaban J connectivity index is 1.36. The van der Waals surface area contributed by atoms with E-state index in [1.807, 2.05) is 37.8 Å². The smallest absolute Gasteiger partial charge is 0.410 e. The van der Waals surface area contributed by atoms with Crippen molar-refractivity contribution in [3.63, 3.8) is 0 Å². The molecule has 26 heavy (non-hydrogen) atoms. The summed E-state index contributed by atoms with van der Waals surface area (Å²) in [6, 6.07) is 8.16. The maximum absolute atomic E-state index is 12.1. The molecule has 0 saturated carbocycles. The van der Waals surface area contributed by atoms with Crippen LogP contribution in [0.2, 0.25) is 0 Å². The van der Waals surface area contributed by atoms with E-state index in [0.29, 0.717) is 12.5 Å². The van der Waals surface area contributed by atoms with E-state index in [1.165, 1.54) is 11.5 Å². The largest absolute Gasteiger partial charge is 0.477 e. The van der Waals surface area contributed by atoms with Gasteiger partial charge in [-0.3, -0.25) is 0 Å². The number of fused-ring (bicyclic) bond motifs is 1. The molecule has 0 radical (unpaired) electrons. The van der Waals surface area contributed by atoms with Gasteiger partial charge in [0.15, 0.2) is 0 Å². The molecule has 3 rings (SSSR count). The van der Waals surface area contributed by atoms with Crippen molar-refractivity contribution < 1.29 is 14.3 Å². The lowest BCUT2D eigenvalue weighted by Gasteiger charge is -2.33. The van der Waals surface area contributed by atoms with E-state index in [0.717, 1.165) is 54.7 Å². The van der Waals surface area contributed by atoms with Crippen LogP contribution in [-0.4, -0.2) is 40.7 Å². The van der Waals surface area contributed by atoms with Crippen molar-refractivity contribution >= 4 is 27.7 Å². The number of aromatic nitrogens is 1. The topological polar surface area (TPSA) is 51.7 Å². The average molecular weight is 377 g/mol. The van der Waals surface area contributed by atoms with Gasteiger partial charge in [0.25, 0.3) is 0 Å². The molecule has 0 bridgehead atoms. The van der Waals surface area contributed by atoms with Crippen LogP contribution < -0.4 is 4.74 Å². The van der Waals surface area contributed by atoms with Crippen LogP contribution in [0.1, 0.15) is 46.5 Å². The van der Waals surface area contributed by atoms with Crippen molar-refractivity contribution in [1.82, 2.24) is 9.27 Å². The van der Waals surface area contributed by atoms with Gasteiger partial charge in [0.2, 0.25) is 5.88 Å². The second kappa shape index (κ2) is 8.25. The van der Waals surface area contributed by atoms with Crippen LogP contribution in [0.15, 0.2) is 24.3 Å². The number of hydrogen-bond donors (Lipinski definition) is 0. The highest BCUT2D eigenvalue weighted by molar-refractivity contribution is 7.13. The van der Waals surface area contributed by atoms with Crippen LogP contribution in [0.5, 0.6) is 5.88 Å². The maximum atomic E-state index is 12.1. The summed E-state index contributed by atoms with van der Waals surface area (Å²) in [4.78, 5) is 13.9.